The van der Waals surface area contributed by atoms with Crippen molar-refractivity contribution in [1.29, 1.82) is 5.26 Å². The molecule has 0 bridgehead atoms. The molecule has 0 fully saturated rings. The van der Waals surface area contributed by atoms with Crippen LogP contribution in [-0.4, -0.2) is 32.6 Å². The topological polar surface area (TPSA) is 124 Å². The van der Waals surface area contributed by atoms with Crippen LogP contribution in [0.5, 0.6) is 0 Å². The highest BCUT2D eigenvalue weighted by atomic mass is 32.2. The van der Waals surface area contributed by atoms with E-state index in [2.05, 4.69) is 0 Å². The molecule has 1 aromatic carbocycles. The third-order valence-corrected chi connectivity index (χ3v) is 3.65. The van der Waals surface area contributed by atoms with Crippen LogP contribution in [0.1, 0.15) is 23.7 Å². The molecule has 0 aliphatic heterocycles. The zero-order chi connectivity index (χ0) is 15.3. The fourth-order valence-electron chi connectivity index (χ4n) is 1.77. The number of carbonyl (C=O) groups is 1. The van der Waals surface area contributed by atoms with Gasteiger partial charge in [0.25, 0.3) is 0 Å². The number of benzene rings is 1. The molecule has 7 nitrogen and oxygen atoms in total. The number of carboxylic acids is 1. The highest BCUT2D eigenvalue weighted by Crippen LogP contribution is 2.24. The van der Waals surface area contributed by atoms with Gasteiger partial charge in [0.05, 0.1) is 28.6 Å². The van der Waals surface area contributed by atoms with E-state index in [0.717, 1.165) is 6.07 Å². The fourth-order valence-corrected chi connectivity index (χ4v) is 2.31. The second-order valence-corrected chi connectivity index (χ2v) is 5.58. The highest BCUT2D eigenvalue weighted by molar-refractivity contribution is 7.89. The van der Waals surface area contributed by atoms with Gasteiger partial charge in [-0.3, -0.25) is 0 Å². The van der Waals surface area contributed by atoms with Crippen LogP contribution in [0.15, 0.2) is 23.1 Å². The third kappa shape index (κ3) is 3.69. The predicted molar refractivity (Wildman–Crippen MR) is 72.9 cm³/mol. The van der Waals surface area contributed by atoms with Gasteiger partial charge < -0.3 is 10.0 Å². The molecule has 20 heavy (non-hydrogen) atoms. The molecule has 0 radical (unpaired) electrons. The van der Waals surface area contributed by atoms with Crippen LogP contribution >= 0.6 is 0 Å². The van der Waals surface area contributed by atoms with Crippen LogP contribution in [0.4, 0.5) is 5.69 Å². The molecule has 0 unspecified atom stereocenters. The van der Waals surface area contributed by atoms with Gasteiger partial charge in [-0.05, 0) is 25.1 Å². The molecule has 0 amide bonds. The van der Waals surface area contributed by atoms with E-state index in [9.17, 15) is 18.3 Å². The number of anilines is 1. The van der Waals surface area contributed by atoms with Gasteiger partial charge >= 0.3 is 5.97 Å². The Morgan fingerprint density at radius 1 is 1.50 bits per heavy atom. The second-order valence-electron chi connectivity index (χ2n) is 4.02. The maximum absolute atomic E-state index is 11.3. The Bertz CT molecular complexity index is 649. The molecule has 0 aliphatic rings. The lowest BCUT2D eigenvalue weighted by Gasteiger charge is -2.23. The standard InChI is InChI=1S/C12H15N3O4S/c1-2-15(7-3-6-13)11-5-4-9(20(14,18)19)8-10(11)12(16)17/h4-5,8H,2-3,7H2,1H3,(H,16,17)(H2,14,18,19). The van der Waals surface area contributed by atoms with Crippen LogP contribution in [-0.2, 0) is 10.0 Å². The van der Waals surface area contributed by atoms with Gasteiger partial charge in [0, 0.05) is 13.1 Å². The first-order chi connectivity index (χ1) is 9.31. The van der Waals surface area contributed by atoms with Crippen LogP contribution in [0, 0.1) is 11.3 Å². The largest absolute Gasteiger partial charge is 0.478 e. The van der Waals surface area contributed by atoms with Gasteiger partial charge in [-0.25, -0.2) is 18.4 Å². The Hall–Kier alpha value is -2.11. The SMILES string of the molecule is CCN(CCC#N)c1ccc(S(N)(=O)=O)cc1C(=O)O. The minimum Gasteiger partial charge on any atom is -0.478 e. The lowest BCUT2D eigenvalue weighted by atomic mass is 10.1. The monoisotopic (exact) mass is 297 g/mol. The minimum atomic E-state index is -3.96. The average molecular weight is 297 g/mol. The van der Waals surface area contributed by atoms with E-state index in [1.165, 1.54) is 12.1 Å². The lowest BCUT2D eigenvalue weighted by Crippen LogP contribution is -2.26. The number of nitriles is 1. The number of aromatic carboxylic acids is 1. The summed E-state index contributed by atoms with van der Waals surface area (Å²) < 4.78 is 22.5. The summed E-state index contributed by atoms with van der Waals surface area (Å²) in [5.41, 5.74) is 0.207. The first-order valence-electron chi connectivity index (χ1n) is 5.83. The Labute approximate surface area is 117 Å². The van der Waals surface area contributed by atoms with Crippen LogP contribution in [0.3, 0.4) is 0 Å². The van der Waals surface area contributed by atoms with Crippen molar-refractivity contribution >= 4 is 21.7 Å². The van der Waals surface area contributed by atoms with Crippen LogP contribution in [0.2, 0.25) is 0 Å². The summed E-state index contributed by atoms with van der Waals surface area (Å²) in [6, 6.07) is 5.66. The van der Waals surface area contributed by atoms with E-state index in [1.807, 2.05) is 13.0 Å². The summed E-state index contributed by atoms with van der Waals surface area (Å²) in [5, 5.41) is 22.8. The molecule has 1 rings (SSSR count). The van der Waals surface area contributed by atoms with Crippen molar-refractivity contribution in [2.24, 2.45) is 5.14 Å². The van der Waals surface area contributed by atoms with E-state index < -0.39 is 16.0 Å². The van der Waals surface area contributed by atoms with Crippen molar-refractivity contribution in [3.8, 4) is 6.07 Å². The fraction of sp³-hybridized carbons (Fsp3) is 0.333. The maximum atomic E-state index is 11.3. The molecule has 0 aromatic heterocycles. The maximum Gasteiger partial charge on any atom is 0.337 e. The smallest absolute Gasteiger partial charge is 0.337 e. The van der Waals surface area contributed by atoms with Crippen LogP contribution < -0.4 is 10.0 Å². The van der Waals surface area contributed by atoms with E-state index in [1.54, 1.807) is 4.90 Å². The lowest BCUT2D eigenvalue weighted by molar-refractivity contribution is 0.0697. The Morgan fingerprint density at radius 3 is 2.60 bits per heavy atom. The molecule has 0 aliphatic carbocycles. The number of hydrogen-bond acceptors (Lipinski definition) is 5. The number of nitrogens with zero attached hydrogens (tertiary/aromatic N) is 2. The molecule has 0 atom stereocenters. The molecule has 3 N–H and O–H groups in total. The zero-order valence-electron chi connectivity index (χ0n) is 10.9. The average Bonchev–Trinajstić information content (AvgIpc) is 2.38. The summed E-state index contributed by atoms with van der Waals surface area (Å²) >= 11 is 0. The highest BCUT2D eigenvalue weighted by Gasteiger charge is 2.19. The van der Waals surface area contributed by atoms with Crippen molar-refractivity contribution in [2.75, 3.05) is 18.0 Å². The summed E-state index contributed by atoms with van der Waals surface area (Å²) in [5.74, 6) is -1.25. The number of nitrogens with two attached hydrogens (primary N) is 1. The third-order valence-electron chi connectivity index (χ3n) is 2.74. The molecular formula is C12H15N3O4S. The Balaban J connectivity index is 3.33. The molecule has 0 saturated heterocycles. The van der Waals surface area contributed by atoms with E-state index in [4.69, 9.17) is 10.4 Å². The number of carboxylic acid groups (broad SMARTS) is 1. The molecule has 0 heterocycles. The van der Waals surface area contributed by atoms with Crippen LogP contribution in [0.25, 0.3) is 0 Å². The normalized spacial score (nSPS) is 10.8. The second kappa shape index (κ2) is 6.36. The molecule has 108 valence electrons. The summed E-state index contributed by atoms with van der Waals surface area (Å²) in [6.07, 6.45) is 0.240. The van der Waals surface area contributed by atoms with E-state index in [0.29, 0.717) is 18.8 Å². The van der Waals surface area contributed by atoms with Gasteiger partial charge in [-0.15, -0.1) is 0 Å². The minimum absolute atomic E-state index is 0.156. The number of hydrogen-bond donors (Lipinski definition) is 2. The quantitative estimate of drug-likeness (QED) is 0.799. The first kappa shape index (κ1) is 15.9. The zero-order valence-corrected chi connectivity index (χ0v) is 11.7. The molecule has 1 aromatic rings. The number of primary sulfonamides is 1. The molecular weight excluding hydrogens is 282 g/mol. The van der Waals surface area contributed by atoms with Crippen molar-refractivity contribution < 1.29 is 18.3 Å². The van der Waals surface area contributed by atoms with Gasteiger partial charge in [0.1, 0.15) is 0 Å². The van der Waals surface area contributed by atoms with Crippen molar-refractivity contribution in [3.05, 3.63) is 23.8 Å². The predicted octanol–water partition coefficient (Wildman–Crippen LogP) is 0.772. The molecule has 0 saturated carbocycles. The Morgan fingerprint density at radius 2 is 2.15 bits per heavy atom. The van der Waals surface area contributed by atoms with Gasteiger partial charge in [0.15, 0.2) is 0 Å². The summed E-state index contributed by atoms with van der Waals surface area (Å²) in [7, 11) is -3.96. The number of sulfonamides is 1. The van der Waals surface area contributed by atoms with Gasteiger partial charge in [-0.2, -0.15) is 5.26 Å². The van der Waals surface area contributed by atoms with E-state index in [-0.39, 0.29) is 16.9 Å². The van der Waals surface area contributed by atoms with Gasteiger partial charge in [-0.1, -0.05) is 0 Å². The molecule has 0 spiro atoms. The van der Waals surface area contributed by atoms with Crippen molar-refractivity contribution in [3.63, 3.8) is 0 Å². The first-order valence-corrected chi connectivity index (χ1v) is 7.38. The van der Waals surface area contributed by atoms with Crippen molar-refractivity contribution in [1.82, 2.24) is 0 Å². The van der Waals surface area contributed by atoms with Crippen molar-refractivity contribution in [2.45, 2.75) is 18.2 Å². The van der Waals surface area contributed by atoms with E-state index >= 15 is 0 Å². The van der Waals surface area contributed by atoms with Gasteiger partial charge in [0.2, 0.25) is 10.0 Å². The molecule has 8 heteroatoms. The number of rotatable bonds is 6. The summed E-state index contributed by atoms with van der Waals surface area (Å²) in [6.45, 7) is 2.68. The summed E-state index contributed by atoms with van der Waals surface area (Å²) in [4.78, 5) is 12.7. The Kier molecular flexibility index (Phi) is 5.07.